The molecule has 1 unspecified atom stereocenters. The van der Waals surface area contributed by atoms with Crippen LogP contribution >= 0.6 is 0 Å². The number of nitrogens with zero attached hydrogens (tertiary/aromatic N) is 2. The predicted octanol–water partition coefficient (Wildman–Crippen LogP) is -0.451. The van der Waals surface area contributed by atoms with Crippen molar-refractivity contribution >= 4 is 11.7 Å². The van der Waals surface area contributed by atoms with E-state index in [1.165, 1.54) is 6.20 Å². The molecule has 82 valence electrons. The fourth-order valence-corrected chi connectivity index (χ4v) is 1.28. The quantitative estimate of drug-likeness (QED) is 0.705. The lowest BCUT2D eigenvalue weighted by Gasteiger charge is -2.08. The van der Waals surface area contributed by atoms with Crippen LogP contribution in [0.5, 0.6) is 0 Å². The number of hydrogen-bond donors (Lipinski definition) is 2. The van der Waals surface area contributed by atoms with Crippen LogP contribution < -0.4 is 5.32 Å². The Hall–Kier alpha value is -1.47. The summed E-state index contributed by atoms with van der Waals surface area (Å²) >= 11 is 0. The summed E-state index contributed by atoms with van der Waals surface area (Å²) in [5.74, 6) is 0.155. The van der Waals surface area contributed by atoms with Gasteiger partial charge in [-0.1, -0.05) is 0 Å². The number of anilines is 1. The standard InChI is InChI=1S/C8H12N4O3/c13-8(10-7-3-9-12-11-7)5-15-6-1-2-14-4-6/h3,6H,1-2,4-5H2,(H2,9,10,11,12,13). The number of ether oxygens (including phenoxy) is 2. The Morgan fingerprint density at radius 2 is 2.73 bits per heavy atom. The Balaban J connectivity index is 1.68. The molecule has 1 amide bonds. The number of aromatic amines is 1. The van der Waals surface area contributed by atoms with Gasteiger partial charge in [0.15, 0.2) is 5.82 Å². The molecule has 0 aromatic carbocycles. The minimum absolute atomic E-state index is 0.0148. The van der Waals surface area contributed by atoms with E-state index in [-0.39, 0.29) is 18.6 Å². The van der Waals surface area contributed by atoms with Crippen molar-refractivity contribution in [2.24, 2.45) is 0 Å². The van der Waals surface area contributed by atoms with Crippen LogP contribution in [0.2, 0.25) is 0 Å². The van der Waals surface area contributed by atoms with Gasteiger partial charge < -0.3 is 14.8 Å². The van der Waals surface area contributed by atoms with Gasteiger partial charge in [-0.3, -0.25) is 4.79 Å². The van der Waals surface area contributed by atoms with E-state index in [4.69, 9.17) is 9.47 Å². The Morgan fingerprint density at radius 1 is 1.80 bits per heavy atom. The second kappa shape index (κ2) is 4.85. The molecule has 0 bridgehead atoms. The zero-order valence-corrected chi connectivity index (χ0v) is 8.10. The summed E-state index contributed by atoms with van der Waals surface area (Å²) in [5.41, 5.74) is 0. The second-order valence-corrected chi connectivity index (χ2v) is 3.20. The lowest BCUT2D eigenvalue weighted by molar-refractivity contribution is -0.122. The maximum atomic E-state index is 11.3. The largest absolute Gasteiger partial charge is 0.379 e. The van der Waals surface area contributed by atoms with Crippen LogP contribution in [0.1, 0.15) is 6.42 Å². The summed E-state index contributed by atoms with van der Waals surface area (Å²) in [6, 6.07) is 0. The third-order valence-electron chi connectivity index (χ3n) is 2.02. The normalized spacial score (nSPS) is 20.4. The molecule has 2 heterocycles. The van der Waals surface area contributed by atoms with Crippen LogP contribution in [-0.4, -0.2) is 47.2 Å². The first-order valence-corrected chi connectivity index (χ1v) is 4.69. The van der Waals surface area contributed by atoms with Gasteiger partial charge in [0.2, 0.25) is 0 Å². The molecule has 1 atom stereocenters. The highest BCUT2D eigenvalue weighted by atomic mass is 16.5. The minimum Gasteiger partial charge on any atom is -0.379 e. The summed E-state index contributed by atoms with van der Waals surface area (Å²) in [6.07, 6.45) is 2.31. The summed E-state index contributed by atoms with van der Waals surface area (Å²) in [6.45, 7) is 1.29. The van der Waals surface area contributed by atoms with Gasteiger partial charge in [-0.25, -0.2) is 0 Å². The van der Waals surface area contributed by atoms with Crippen LogP contribution in [0.3, 0.4) is 0 Å². The highest BCUT2D eigenvalue weighted by molar-refractivity contribution is 5.90. The van der Waals surface area contributed by atoms with E-state index in [0.29, 0.717) is 19.0 Å². The third kappa shape index (κ3) is 3.00. The molecule has 0 spiro atoms. The molecule has 15 heavy (non-hydrogen) atoms. The summed E-state index contributed by atoms with van der Waals surface area (Å²) < 4.78 is 10.4. The van der Waals surface area contributed by atoms with E-state index in [1.54, 1.807) is 0 Å². The zero-order valence-electron chi connectivity index (χ0n) is 8.10. The molecular weight excluding hydrogens is 200 g/mol. The van der Waals surface area contributed by atoms with Gasteiger partial charge in [-0.05, 0) is 6.42 Å². The number of carbonyl (C=O) groups is 1. The summed E-state index contributed by atoms with van der Waals surface area (Å²) in [4.78, 5) is 11.3. The van der Waals surface area contributed by atoms with Crippen LogP contribution in [0, 0.1) is 0 Å². The third-order valence-corrected chi connectivity index (χ3v) is 2.02. The molecule has 7 nitrogen and oxygen atoms in total. The number of nitrogens with one attached hydrogen (secondary N) is 2. The minimum atomic E-state index is -0.240. The molecule has 2 rings (SSSR count). The lowest BCUT2D eigenvalue weighted by Crippen LogP contribution is -2.23. The maximum Gasteiger partial charge on any atom is 0.251 e. The van der Waals surface area contributed by atoms with Crippen LogP contribution in [-0.2, 0) is 14.3 Å². The van der Waals surface area contributed by atoms with E-state index in [0.717, 1.165) is 6.42 Å². The first-order chi connectivity index (χ1) is 7.34. The average Bonchev–Trinajstić information content (AvgIpc) is 2.86. The molecule has 1 saturated heterocycles. The average molecular weight is 212 g/mol. The fourth-order valence-electron chi connectivity index (χ4n) is 1.28. The lowest BCUT2D eigenvalue weighted by atomic mass is 10.3. The van der Waals surface area contributed by atoms with Crippen molar-refractivity contribution in [1.29, 1.82) is 0 Å². The highest BCUT2D eigenvalue weighted by Gasteiger charge is 2.17. The van der Waals surface area contributed by atoms with Gasteiger partial charge in [0.05, 0.1) is 18.9 Å². The molecule has 7 heteroatoms. The molecule has 1 fully saturated rings. The Labute approximate surface area is 86.1 Å². The molecule has 0 aliphatic carbocycles. The molecule has 1 aromatic rings. The number of amides is 1. The predicted molar refractivity (Wildman–Crippen MR) is 50.2 cm³/mol. The van der Waals surface area contributed by atoms with Crippen LogP contribution in [0.25, 0.3) is 0 Å². The Kier molecular flexibility index (Phi) is 3.25. The van der Waals surface area contributed by atoms with Gasteiger partial charge in [0.1, 0.15) is 6.61 Å². The molecule has 0 radical (unpaired) electrons. The van der Waals surface area contributed by atoms with Gasteiger partial charge in [-0.2, -0.15) is 10.3 Å². The van der Waals surface area contributed by atoms with E-state index >= 15 is 0 Å². The molecule has 1 aliphatic rings. The number of hydrogen-bond acceptors (Lipinski definition) is 5. The van der Waals surface area contributed by atoms with Gasteiger partial charge in [-0.15, -0.1) is 5.10 Å². The number of carbonyl (C=O) groups excluding carboxylic acids is 1. The first-order valence-electron chi connectivity index (χ1n) is 4.69. The topological polar surface area (TPSA) is 89.1 Å². The van der Waals surface area contributed by atoms with Crippen molar-refractivity contribution in [3.63, 3.8) is 0 Å². The van der Waals surface area contributed by atoms with E-state index < -0.39 is 0 Å². The van der Waals surface area contributed by atoms with Crippen LogP contribution in [0.4, 0.5) is 5.82 Å². The molecule has 1 aromatic heterocycles. The number of H-pyrrole nitrogens is 1. The van der Waals surface area contributed by atoms with E-state index in [9.17, 15) is 4.79 Å². The first kappa shape index (κ1) is 10.1. The molecule has 0 saturated carbocycles. The SMILES string of the molecule is O=C(COC1CCOC1)Nc1cn[nH]n1. The van der Waals surface area contributed by atoms with Crippen molar-refractivity contribution in [3.05, 3.63) is 6.20 Å². The highest BCUT2D eigenvalue weighted by Crippen LogP contribution is 2.07. The Morgan fingerprint density at radius 3 is 3.40 bits per heavy atom. The molecule has 1 aliphatic heterocycles. The van der Waals surface area contributed by atoms with Crippen molar-refractivity contribution in [2.45, 2.75) is 12.5 Å². The van der Waals surface area contributed by atoms with Gasteiger partial charge in [0.25, 0.3) is 5.91 Å². The van der Waals surface area contributed by atoms with Crippen molar-refractivity contribution < 1.29 is 14.3 Å². The van der Waals surface area contributed by atoms with E-state index in [2.05, 4.69) is 20.7 Å². The van der Waals surface area contributed by atoms with E-state index in [1.807, 2.05) is 0 Å². The monoisotopic (exact) mass is 212 g/mol. The fraction of sp³-hybridized carbons (Fsp3) is 0.625. The summed E-state index contributed by atoms with van der Waals surface area (Å²) in [7, 11) is 0. The molecular formula is C8H12N4O3. The zero-order chi connectivity index (χ0) is 10.5. The smallest absolute Gasteiger partial charge is 0.251 e. The second-order valence-electron chi connectivity index (χ2n) is 3.20. The molecule has 2 N–H and O–H groups in total. The number of aromatic nitrogens is 3. The van der Waals surface area contributed by atoms with Gasteiger partial charge >= 0.3 is 0 Å². The maximum absolute atomic E-state index is 11.3. The van der Waals surface area contributed by atoms with Crippen molar-refractivity contribution in [2.75, 3.05) is 25.1 Å². The van der Waals surface area contributed by atoms with Crippen molar-refractivity contribution in [3.8, 4) is 0 Å². The Bertz CT molecular complexity index is 308. The summed E-state index contributed by atoms with van der Waals surface area (Å²) in [5, 5.41) is 12.2. The number of rotatable bonds is 4. The van der Waals surface area contributed by atoms with Gasteiger partial charge in [0, 0.05) is 6.61 Å². The van der Waals surface area contributed by atoms with Crippen LogP contribution in [0.15, 0.2) is 6.20 Å². The van der Waals surface area contributed by atoms with Crippen molar-refractivity contribution in [1.82, 2.24) is 15.4 Å².